The first kappa shape index (κ1) is 18.5. The van der Waals surface area contributed by atoms with Crippen molar-refractivity contribution in [2.75, 3.05) is 0 Å². The van der Waals surface area contributed by atoms with E-state index in [2.05, 4.69) is 35.6 Å². The van der Waals surface area contributed by atoms with Crippen molar-refractivity contribution >= 4 is 40.3 Å². The van der Waals surface area contributed by atoms with Gasteiger partial charge in [0, 0.05) is 0 Å². The monoisotopic (exact) mass is 403 g/mol. The molecule has 3 aromatic carbocycles. The summed E-state index contributed by atoms with van der Waals surface area (Å²) in [5.74, 6) is 0.639. The SMILES string of the molecule is O=C1NC(=S)SC1=Cc1ccc(OCc2cccc(-c3ccccc3)c2)cc1. The van der Waals surface area contributed by atoms with Crippen LogP contribution in [0.4, 0.5) is 0 Å². The highest BCUT2D eigenvalue weighted by Gasteiger charge is 2.21. The molecule has 3 nitrogen and oxygen atoms in total. The molecule has 0 aromatic heterocycles. The van der Waals surface area contributed by atoms with Gasteiger partial charge < -0.3 is 10.1 Å². The largest absolute Gasteiger partial charge is 0.489 e. The van der Waals surface area contributed by atoms with Crippen molar-refractivity contribution in [3.8, 4) is 16.9 Å². The van der Waals surface area contributed by atoms with E-state index in [4.69, 9.17) is 17.0 Å². The predicted octanol–water partition coefficient (Wildman–Crippen LogP) is 5.42. The molecule has 5 heteroatoms. The summed E-state index contributed by atoms with van der Waals surface area (Å²) in [5, 5.41) is 2.62. The van der Waals surface area contributed by atoms with Crippen molar-refractivity contribution in [2.45, 2.75) is 6.61 Å². The van der Waals surface area contributed by atoms with Gasteiger partial charge >= 0.3 is 0 Å². The van der Waals surface area contributed by atoms with Crippen molar-refractivity contribution in [3.05, 3.63) is 94.9 Å². The van der Waals surface area contributed by atoms with Crippen LogP contribution in [0.25, 0.3) is 17.2 Å². The minimum Gasteiger partial charge on any atom is -0.489 e. The van der Waals surface area contributed by atoms with Crippen LogP contribution >= 0.6 is 24.0 Å². The summed E-state index contributed by atoms with van der Waals surface area (Å²) >= 11 is 6.28. The summed E-state index contributed by atoms with van der Waals surface area (Å²) in [7, 11) is 0. The molecule has 0 atom stereocenters. The number of thioether (sulfide) groups is 1. The van der Waals surface area contributed by atoms with Gasteiger partial charge in [-0.25, -0.2) is 0 Å². The number of hydrogen-bond acceptors (Lipinski definition) is 4. The fourth-order valence-electron chi connectivity index (χ4n) is 2.87. The van der Waals surface area contributed by atoms with Crippen LogP contribution in [-0.2, 0) is 11.4 Å². The average Bonchev–Trinajstić information content (AvgIpc) is 3.05. The van der Waals surface area contributed by atoms with E-state index in [1.165, 1.54) is 22.9 Å². The van der Waals surface area contributed by atoms with Gasteiger partial charge in [0.15, 0.2) is 0 Å². The minimum atomic E-state index is -0.145. The van der Waals surface area contributed by atoms with Crippen molar-refractivity contribution in [3.63, 3.8) is 0 Å². The molecule has 28 heavy (non-hydrogen) atoms. The van der Waals surface area contributed by atoms with E-state index in [1.54, 1.807) is 0 Å². The smallest absolute Gasteiger partial charge is 0.263 e. The lowest BCUT2D eigenvalue weighted by molar-refractivity contribution is -0.115. The summed E-state index contributed by atoms with van der Waals surface area (Å²) < 4.78 is 6.41. The zero-order valence-electron chi connectivity index (χ0n) is 14.9. The van der Waals surface area contributed by atoms with E-state index in [0.717, 1.165) is 16.9 Å². The quantitative estimate of drug-likeness (QED) is 0.456. The first-order chi connectivity index (χ1) is 13.7. The van der Waals surface area contributed by atoms with Gasteiger partial charge in [-0.15, -0.1) is 0 Å². The van der Waals surface area contributed by atoms with Gasteiger partial charge in [-0.1, -0.05) is 84.6 Å². The van der Waals surface area contributed by atoms with Crippen molar-refractivity contribution in [1.29, 1.82) is 0 Å². The van der Waals surface area contributed by atoms with E-state index in [9.17, 15) is 4.79 Å². The highest BCUT2D eigenvalue weighted by atomic mass is 32.2. The lowest BCUT2D eigenvalue weighted by atomic mass is 10.0. The van der Waals surface area contributed by atoms with Gasteiger partial charge in [0.05, 0.1) is 4.91 Å². The molecule has 1 saturated heterocycles. The summed E-state index contributed by atoms with van der Waals surface area (Å²) in [6.07, 6.45) is 1.83. The Morgan fingerprint density at radius 2 is 1.68 bits per heavy atom. The molecular weight excluding hydrogens is 386 g/mol. The Labute approximate surface area is 173 Å². The van der Waals surface area contributed by atoms with E-state index >= 15 is 0 Å². The van der Waals surface area contributed by atoms with Crippen molar-refractivity contribution in [1.82, 2.24) is 5.32 Å². The van der Waals surface area contributed by atoms with Crippen LogP contribution in [0.5, 0.6) is 5.75 Å². The van der Waals surface area contributed by atoms with E-state index in [1.807, 2.05) is 54.6 Å². The van der Waals surface area contributed by atoms with Crippen LogP contribution in [0.3, 0.4) is 0 Å². The molecule has 0 bridgehead atoms. The summed E-state index contributed by atoms with van der Waals surface area (Å²) in [6.45, 7) is 0.494. The number of rotatable bonds is 5. The van der Waals surface area contributed by atoms with Crippen molar-refractivity contribution < 1.29 is 9.53 Å². The molecule has 1 fully saturated rings. The van der Waals surface area contributed by atoms with E-state index in [-0.39, 0.29) is 5.91 Å². The Morgan fingerprint density at radius 1 is 0.929 bits per heavy atom. The van der Waals surface area contributed by atoms with Crippen LogP contribution in [0.2, 0.25) is 0 Å². The molecule has 0 unspecified atom stereocenters. The zero-order chi connectivity index (χ0) is 19.3. The van der Waals surface area contributed by atoms with Gasteiger partial charge in [0.25, 0.3) is 5.91 Å². The number of hydrogen-bond donors (Lipinski definition) is 1. The fraction of sp³-hybridized carbons (Fsp3) is 0.0435. The van der Waals surface area contributed by atoms with Gasteiger partial charge in [-0.3, -0.25) is 4.79 Å². The Morgan fingerprint density at radius 3 is 2.39 bits per heavy atom. The average molecular weight is 404 g/mol. The maximum absolute atomic E-state index is 11.7. The van der Waals surface area contributed by atoms with Crippen LogP contribution < -0.4 is 10.1 Å². The third-order valence-corrected chi connectivity index (χ3v) is 5.42. The summed E-state index contributed by atoms with van der Waals surface area (Å²) in [6, 6.07) is 26.3. The van der Waals surface area contributed by atoms with Crippen molar-refractivity contribution in [2.24, 2.45) is 0 Å². The highest BCUT2D eigenvalue weighted by molar-refractivity contribution is 8.26. The maximum Gasteiger partial charge on any atom is 0.263 e. The third kappa shape index (κ3) is 4.50. The molecule has 1 aliphatic rings. The van der Waals surface area contributed by atoms with Crippen LogP contribution in [-0.4, -0.2) is 10.2 Å². The second-order valence-electron chi connectivity index (χ2n) is 6.28. The van der Waals surface area contributed by atoms with E-state index in [0.29, 0.717) is 15.8 Å². The number of ether oxygens (including phenoxy) is 1. The van der Waals surface area contributed by atoms with Crippen LogP contribution in [0.15, 0.2) is 83.8 Å². The molecule has 0 aliphatic carbocycles. The molecule has 4 rings (SSSR count). The first-order valence-corrected chi connectivity index (χ1v) is 10.0. The Bertz CT molecular complexity index is 1040. The predicted molar refractivity (Wildman–Crippen MR) is 119 cm³/mol. The minimum absolute atomic E-state index is 0.145. The maximum atomic E-state index is 11.7. The molecule has 1 amide bonds. The molecule has 1 aliphatic heterocycles. The van der Waals surface area contributed by atoms with E-state index < -0.39 is 0 Å². The van der Waals surface area contributed by atoms with Crippen LogP contribution in [0, 0.1) is 0 Å². The van der Waals surface area contributed by atoms with Gasteiger partial charge in [0.2, 0.25) is 0 Å². The third-order valence-electron chi connectivity index (χ3n) is 4.26. The second kappa shape index (κ2) is 8.42. The number of amides is 1. The number of thiocarbonyl (C=S) groups is 1. The molecule has 0 spiro atoms. The molecule has 1 heterocycles. The zero-order valence-corrected chi connectivity index (χ0v) is 16.6. The number of nitrogens with one attached hydrogen (secondary N) is 1. The molecule has 1 N–H and O–H groups in total. The number of carbonyl (C=O) groups excluding carboxylic acids is 1. The molecular formula is C23H17NO2S2. The molecule has 0 saturated carbocycles. The van der Waals surface area contributed by atoms with Gasteiger partial charge in [-0.05, 0) is 46.5 Å². The molecule has 138 valence electrons. The number of benzene rings is 3. The van der Waals surface area contributed by atoms with Gasteiger partial charge in [-0.2, -0.15) is 0 Å². The van der Waals surface area contributed by atoms with Crippen LogP contribution in [0.1, 0.15) is 11.1 Å². The standard InChI is InChI=1S/C23H17NO2S2/c25-22-21(28-23(27)24-22)14-16-9-11-20(12-10-16)26-15-17-5-4-8-19(13-17)18-6-2-1-3-7-18/h1-14H,15H2,(H,24,25,27). The lowest BCUT2D eigenvalue weighted by Gasteiger charge is -2.09. The summed E-state index contributed by atoms with van der Waals surface area (Å²) in [5.41, 5.74) is 4.41. The second-order valence-corrected chi connectivity index (χ2v) is 8.00. The highest BCUT2D eigenvalue weighted by Crippen LogP contribution is 2.26. The first-order valence-electron chi connectivity index (χ1n) is 8.79. The number of carbonyl (C=O) groups is 1. The lowest BCUT2D eigenvalue weighted by Crippen LogP contribution is -2.17. The summed E-state index contributed by atoms with van der Waals surface area (Å²) in [4.78, 5) is 12.3. The fourth-order valence-corrected chi connectivity index (χ4v) is 3.91. The topological polar surface area (TPSA) is 38.3 Å². The Balaban J connectivity index is 1.41. The molecule has 0 radical (unpaired) electrons. The normalized spacial score (nSPS) is 14.9. The van der Waals surface area contributed by atoms with Gasteiger partial charge in [0.1, 0.15) is 16.7 Å². The Kier molecular flexibility index (Phi) is 5.55. The molecule has 3 aromatic rings. The Hall–Kier alpha value is -2.89.